The van der Waals surface area contributed by atoms with Crippen molar-refractivity contribution in [1.29, 1.82) is 0 Å². The molecule has 9 heteroatoms. The lowest BCUT2D eigenvalue weighted by Crippen LogP contribution is -2.47. The van der Waals surface area contributed by atoms with E-state index in [9.17, 15) is 18.4 Å². The third-order valence-electron chi connectivity index (χ3n) is 5.71. The molecule has 1 aromatic heterocycles. The quantitative estimate of drug-likeness (QED) is 0.522. The summed E-state index contributed by atoms with van der Waals surface area (Å²) in [6, 6.07) is 12.4. The van der Waals surface area contributed by atoms with Crippen molar-refractivity contribution in [2.45, 2.75) is 39.4 Å². The predicted molar refractivity (Wildman–Crippen MR) is 127 cm³/mol. The summed E-state index contributed by atoms with van der Waals surface area (Å²) in [6.45, 7) is 5.95. The maximum absolute atomic E-state index is 14.0. The summed E-state index contributed by atoms with van der Waals surface area (Å²) in [5.74, 6) is -3.72. The van der Waals surface area contributed by atoms with Gasteiger partial charge >= 0.3 is 0 Å². The number of benzene rings is 2. The van der Waals surface area contributed by atoms with Gasteiger partial charge in [0.2, 0.25) is 5.91 Å². The monoisotopic (exact) mass is 484 g/mol. The van der Waals surface area contributed by atoms with Crippen molar-refractivity contribution in [3.63, 3.8) is 0 Å². The zero-order chi connectivity index (χ0) is 24.2. The van der Waals surface area contributed by atoms with Gasteiger partial charge in [-0.1, -0.05) is 50.2 Å². The van der Waals surface area contributed by atoms with Crippen molar-refractivity contribution in [2.24, 2.45) is 5.92 Å². The third kappa shape index (κ3) is 5.48. The van der Waals surface area contributed by atoms with E-state index >= 15 is 0 Å². The largest absolute Gasteiger partial charge is 0.340 e. The Hall–Kier alpha value is -3.17. The molecule has 4 rings (SSSR count). The fourth-order valence-corrected chi connectivity index (χ4v) is 4.98. The van der Waals surface area contributed by atoms with Crippen LogP contribution in [0.2, 0.25) is 0 Å². The van der Waals surface area contributed by atoms with Gasteiger partial charge in [0.1, 0.15) is 23.2 Å². The number of halogens is 2. The number of hydrogen-bond acceptors (Lipinski definition) is 5. The highest BCUT2D eigenvalue weighted by Gasteiger charge is 2.29. The molecule has 0 aliphatic carbocycles. The lowest BCUT2D eigenvalue weighted by molar-refractivity contribution is -0.118. The summed E-state index contributed by atoms with van der Waals surface area (Å²) in [7, 11) is 0. The Bertz CT molecular complexity index is 1160. The molecule has 6 nitrogen and oxygen atoms in total. The zero-order valence-corrected chi connectivity index (χ0v) is 19.8. The number of hydrogen-bond donors (Lipinski definition) is 2. The molecule has 2 N–H and O–H groups in total. The Balaban J connectivity index is 1.42. The van der Waals surface area contributed by atoms with Crippen LogP contribution < -0.4 is 10.6 Å². The number of aromatic nitrogens is 1. The van der Waals surface area contributed by atoms with E-state index in [0.29, 0.717) is 5.13 Å². The Kier molecular flexibility index (Phi) is 7.33. The van der Waals surface area contributed by atoms with Crippen LogP contribution >= 0.6 is 11.3 Å². The van der Waals surface area contributed by atoms with Crippen molar-refractivity contribution in [2.75, 3.05) is 11.9 Å². The Labute approximate surface area is 201 Å². The van der Waals surface area contributed by atoms with E-state index in [-0.39, 0.29) is 5.92 Å². The molecule has 1 aliphatic heterocycles. The van der Waals surface area contributed by atoms with Crippen LogP contribution in [0, 0.1) is 17.6 Å². The second-order valence-electron chi connectivity index (χ2n) is 8.62. The van der Waals surface area contributed by atoms with Gasteiger partial charge in [-0.15, -0.1) is 11.3 Å². The van der Waals surface area contributed by atoms with Crippen LogP contribution in [0.1, 0.15) is 40.3 Å². The first-order valence-corrected chi connectivity index (χ1v) is 11.9. The summed E-state index contributed by atoms with van der Waals surface area (Å²) in [6.07, 6.45) is 0.783. The standard InChI is InChI=1S/C25H26F2N4O2S/c1-15(2)22(29-23(32)21-17(26)9-6-10-18(21)27)24(33)30-25-28-19-11-12-31(14-20(19)34-25)13-16-7-4-3-5-8-16/h3-10,15,22H,11-14H2,1-2H3,(H,29,32)(H,28,30,33). The second-order valence-corrected chi connectivity index (χ2v) is 9.70. The Morgan fingerprint density at radius 2 is 1.79 bits per heavy atom. The number of rotatable bonds is 7. The van der Waals surface area contributed by atoms with Crippen LogP contribution in [-0.2, 0) is 24.3 Å². The number of fused-ring (bicyclic) bond motifs is 1. The molecule has 0 spiro atoms. The summed E-state index contributed by atoms with van der Waals surface area (Å²) in [4.78, 5) is 33.5. The van der Waals surface area contributed by atoms with Crippen molar-refractivity contribution >= 4 is 28.3 Å². The predicted octanol–water partition coefficient (Wildman–Crippen LogP) is 4.37. The number of anilines is 1. The lowest BCUT2D eigenvalue weighted by atomic mass is 10.0. The number of carbonyl (C=O) groups is 2. The third-order valence-corrected chi connectivity index (χ3v) is 6.71. The normalized spacial score (nSPS) is 14.5. The minimum Gasteiger partial charge on any atom is -0.340 e. The van der Waals surface area contributed by atoms with Gasteiger partial charge in [-0.25, -0.2) is 13.8 Å². The fraction of sp³-hybridized carbons (Fsp3) is 0.320. The van der Waals surface area contributed by atoms with Gasteiger partial charge in [0.05, 0.1) is 5.69 Å². The van der Waals surface area contributed by atoms with Crippen LogP contribution in [0.3, 0.4) is 0 Å². The number of thiazole rings is 1. The van der Waals surface area contributed by atoms with Crippen LogP contribution in [0.25, 0.3) is 0 Å². The molecule has 0 bridgehead atoms. The summed E-state index contributed by atoms with van der Waals surface area (Å²) >= 11 is 1.41. The molecule has 2 aromatic carbocycles. The number of nitrogens with one attached hydrogen (secondary N) is 2. The molecule has 1 aliphatic rings. The number of carbonyl (C=O) groups excluding carboxylic acids is 2. The van der Waals surface area contributed by atoms with Gasteiger partial charge in [-0.3, -0.25) is 14.5 Å². The topological polar surface area (TPSA) is 74.3 Å². The van der Waals surface area contributed by atoms with E-state index in [4.69, 9.17) is 0 Å². The molecule has 3 aromatic rings. The second kappa shape index (κ2) is 10.4. The first-order chi connectivity index (χ1) is 16.3. The molecule has 0 fully saturated rings. The summed E-state index contributed by atoms with van der Waals surface area (Å²) in [5.41, 5.74) is 1.50. The maximum atomic E-state index is 14.0. The molecule has 0 radical (unpaired) electrons. The van der Waals surface area contributed by atoms with Crippen LogP contribution in [0.15, 0.2) is 48.5 Å². The van der Waals surface area contributed by atoms with E-state index in [1.807, 2.05) is 18.2 Å². The molecule has 2 heterocycles. The molecule has 0 saturated heterocycles. The van der Waals surface area contributed by atoms with Crippen LogP contribution in [0.5, 0.6) is 0 Å². The first-order valence-electron chi connectivity index (χ1n) is 11.1. The van der Waals surface area contributed by atoms with Gasteiger partial charge in [0.15, 0.2) is 5.13 Å². The van der Waals surface area contributed by atoms with E-state index in [2.05, 4.69) is 32.7 Å². The summed E-state index contributed by atoms with van der Waals surface area (Å²) in [5, 5.41) is 5.70. The molecule has 34 heavy (non-hydrogen) atoms. The lowest BCUT2D eigenvalue weighted by Gasteiger charge is -2.25. The van der Waals surface area contributed by atoms with E-state index in [0.717, 1.165) is 48.8 Å². The SMILES string of the molecule is CC(C)C(NC(=O)c1c(F)cccc1F)C(=O)Nc1nc2c(s1)CN(Cc1ccccc1)CC2. The fourth-order valence-electron chi connectivity index (χ4n) is 3.92. The van der Waals surface area contributed by atoms with E-state index < -0.39 is 35.1 Å². The van der Waals surface area contributed by atoms with Crippen molar-refractivity contribution in [1.82, 2.24) is 15.2 Å². The first kappa shape index (κ1) is 24.0. The van der Waals surface area contributed by atoms with E-state index in [1.165, 1.54) is 23.0 Å². The molecular weight excluding hydrogens is 458 g/mol. The average molecular weight is 485 g/mol. The highest BCUT2D eigenvalue weighted by atomic mass is 32.1. The smallest absolute Gasteiger partial charge is 0.257 e. The molecule has 178 valence electrons. The maximum Gasteiger partial charge on any atom is 0.257 e. The van der Waals surface area contributed by atoms with Crippen molar-refractivity contribution < 1.29 is 18.4 Å². The van der Waals surface area contributed by atoms with Gasteiger partial charge in [0.25, 0.3) is 5.91 Å². The highest BCUT2D eigenvalue weighted by Crippen LogP contribution is 2.29. The van der Waals surface area contributed by atoms with Crippen molar-refractivity contribution in [3.05, 3.63) is 81.9 Å². The van der Waals surface area contributed by atoms with Gasteiger partial charge in [-0.05, 0) is 23.6 Å². The molecule has 0 saturated carbocycles. The van der Waals surface area contributed by atoms with Crippen molar-refractivity contribution in [3.8, 4) is 0 Å². The molecule has 2 amide bonds. The summed E-state index contributed by atoms with van der Waals surface area (Å²) < 4.78 is 28.0. The van der Waals surface area contributed by atoms with Crippen LogP contribution in [0.4, 0.5) is 13.9 Å². The molecular formula is C25H26F2N4O2S. The number of amides is 2. The molecule has 1 unspecified atom stereocenters. The minimum absolute atomic E-state index is 0.310. The van der Waals surface area contributed by atoms with Gasteiger partial charge in [0, 0.05) is 30.9 Å². The Morgan fingerprint density at radius 3 is 2.47 bits per heavy atom. The average Bonchev–Trinajstić information content (AvgIpc) is 3.19. The number of nitrogens with zero attached hydrogens (tertiary/aromatic N) is 2. The zero-order valence-electron chi connectivity index (χ0n) is 19.0. The highest BCUT2D eigenvalue weighted by molar-refractivity contribution is 7.15. The minimum atomic E-state index is -0.984. The Morgan fingerprint density at radius 1 is 1.09 bits per heavy atom. The molecule has 1 atom stereocenters. The van der Waals surface area contributed by atoms with Gasteiger partial charge in [-0.2, -0.15) is 0 Å². The van der Waals surface area contributed by atoms with E-state index in [1.54, 1.807) is 13.8 Å². The van der Waals surface area contributed by atoms with Gasteiger partial charge < -0.3 is 10.6 Å². The van der Waals surface area contributed by atoms with Crippen LogP contribution in [-0.4, -0.2) is 34.3 Å².